The summed E-state index contributed by atoms with van der Waals surface area (Å²) in [6.45, 7) is 8.61. The zero-order chi connectivity index (χ0) is 11.1. The quantitative estimate of drug-likeness (QED) is 0.748. The third kappa shape index (κ3) is 3.67. The Morgan fingerprint density at radius 2 is 2.20 bits per heavy atom. The molecule has 1 unspecified atom stereocenters. The molecule has 0 saturated heterocycles. The van der Waals surface area contributed by atoms with E-state index in [1.165, 1.54) is 18.4 Å². The Kier molecular flexibility index (Phi) is 5.40. The van der Waals surface area contributed by atoms with Gasteiger partial charge in [-0.1, -0.05) is 27.2 Å². The fourth-order valence-corrected chi connectivity index (χ4v) is 1.75. The van der Waals surface area contributed by atoms with Crippen molar-refractivity contribution in [3.05, 3.63) is 18.0 Å². The van der Waals surface area contributed by atoms with Crippen molar-refractivity contribution in [1.29, 1.82) is 0 Å². The molecule has 1 rings (SSSR count). The Balaban J connectivity index is 2.56. The number of hydrogen-bond acceptors (Lipinski definition) is 2. The molecule has 3 heteroatoms. The molecule has 0 aromatic carbocycles. The second-order valence-corrected chi connectivity index (χ2v) is 3.91. The van der Waals surface area contributed by atoms with E-state index >= 15 is 0 Å². The first-order chi connectivity index (χ1) is 7.31. The molecule has 0 spiro atoms. The van der Waals surface area contributed by atoms with E-state index in [1.807, 2.05) is 6.20 Å². The summed E-state index contributed by atoms with van der Waals surface area (Å²) in [6, 6.07) is 0.463. The molecule has 1 aromatic rings. The van der Waals surface area contributed by atoms with Gasteiger partial charge in [0.1, 0.15) is 0 Å². The number of unbranched alkanes of at least 4 members (excludes halogenated alkanes) is 1. The molecule has 86 valence electrons. The van der Waals surface area contributed by atoms with Crippen LogP contribution in [0.4, 0.5) is 0 Å². The van der Waals surface area contributed by atoms with E-state index in [2.05, 4.69) is 42.1 Å². The fraction of sp³-hybridized carbons (Fsp3) is 0.750. The van der Waals surface area contributed by atoms with Crippen molar-refractivity contribution in [2.75, 3.05) is 6.54 Å². The summed E-state index contributed by atoms with van der Waals surface area (Å²) in [5.74, 6) is 0. The van der Waals surface area contributed by atoms with Crippen molar-refractivity contribution < 1.29 is 0 Å². The van der Waals surface area contributed by atoms with Crippen LogP contribution < -0.4 is 5.32 Å². The Morgan fingerprint density at radius 1 is 1.40 bits per heavy atom. The summed E-state index contributed by atoms with van der Waals surface area (Å²) in [6.07, 6.45) is 7.71. The van der Waals surface area contributed by atoms with Gasteiger partial charge in [-0.05, 0) is 19.4 Å². The fourth-order valence-electron chi connectivity index (χ4n) is 1.75. The second-order valence-electron chi connectivity index (χ2n) is 3.91. The van der Waals surface area contributed by atoms with Crippen LogP contribution in [0.1, 0.15) is 51.6 Å². The highest BCUT2D eigenvalue weighted by molar-refractivity contribution is 5.09. The van der Waals surface area contributed by atoms with Gasteiger partial charge in [-0.2, -0.15) is 5.10 Å². The van der Waals surface area contributed by atoms with Crippen LogP contribution in [0, 0.1) is 0 Å². The van der Waals surface area contributed by atoms with Crippen LogP contribution in [-0.2, 0) is 6.54 Å². The zero-order valence-corrected chi connectivity index (χ0v) is 10.2. The van der Waals surface area contributed by atoms with E-state index < -0.39 is 0 Å². The van der Waals surface area contributed by atoms with Gasteiger partial charge < -0.3 is 5.32 Å². The van der Waals surface area contributed by atoms with Crippen LogP contribution in [0.3, 0.4) is 0 Å². The monoisotopic (exact) mass is 209 g/mol. The maximum atomic E-state index is 4.38. The molecule has 1 N–H and O–H groups in total. The Labute approximate surface area is 92.9 Å². The molecular formula is C12H23N3. The molecule has 0 aliphatic carbocycles. The molecule has 0 fully saturated rings. The van der Waals surface area contributed by atoms with Gasteiger partial charge in [0.05, 0.1) is 6.20 Å². The third-order valence-corrected chi connectivity index (χ3v) is 2.66. The largest absolute Gasteiger partial charge is 0.310 e. The number of hydrogen-bond donors (Lipinski definition) is 1. The molecule has 0 aliphatic heterocycles. The second kappa shape index (κ2) is 6.62. The van der Waals surface area contributed by atoms with Gasteiger partial charge >= 0.3 is 0 Å². The smallest absolute Gasteiger partial charge is 0.0537 e. The molecule has 0 saturated carbocycles. The standard InChI is InChI=1S/C12H23N3/c1-4-7-8-15-10-11(9-14-15)12(5-2)13-6-3/h9-10,12-13H,4-8H2,1-3H3. The third-order valence-electron chi connectivity index (χ3n) is 2.66. The van der Waals surface area contributed by atoms with Crippen LogP contribution in [0.5, 0.6) is 0 Å². The first-order valence-corrected chi connectivity index (χ1v) is 6.07. The SMILES string of the molecule is CCCCn1cc(C(CC)NCC)cn1. The zero-order valence-electron chi connectivity index (χ0n) is 10.2. The van der Waals surface area contributed by atoms with E-state index in [-0.39, 0.29) is 0 Å². The minimum atomic E-state index is 0.463. The molecule has 0 radical (unpaired) electrons. The first kappa shape index (κ1) is 12.2. The highest BCUT2D eigenvalue weighted by Gasteiger charge is 2.09. The van der Waals surface area contributed by atoms with Gasteiger partial charge in [-0.3, -0.25) is 4.68 Å². The van der Waals surface area contributed by atoms with Crippen LogP contribution in [0.2, 0.25) is 0 Å². The average molecular weight is 209 g/mol. The van der Waals surface area contributed by atoms with E-state index in [4.69, 9.17) is 0 Å². The Morgan fingerprint density at radius 3 is 2.80 bits per heavy atom. The Hall–Kier alpha value is -0.830. The summed E-state index contributed by atoms with van der Waals surface area (Å²) < 4.78 is 2.05. The summed E-state index contributed by atoms with van der Waals surface area (Å²) in [5, 5.41) is 7.85. The van der Waals surface area contributed by atoms with Crippen molar-refractivity contribution in [3.8, 4) is 0 Å². The lowest BCUT2D eigenvalue weighted by molar-refractivity contribution is 0.533. The summed E-state index contributed by atoms with van der Waals surface area (Å²) in [5.41, 5.74) is 1.32. The van der Waals surface area contributed by atoms with E-state index in [0.717, 1.165) is 19.5 Å². The maximum Gasteiger partial charge on any atom is 0.0537 e. The van der Waals surface area contributed by atoms with Gasteiger partial charge in [-0.25, -0.2) is 0 Å². The number of nitrogens with one attached hydrogen (secondary N) is 1. The molecule has 1 heterocycles. The highest BCUT2D eigenvalue weighted by Crippen LogP contribution is 2.15. The number of rotatable bonds is 7. The van der Waals surface area contributed by atoms with Crippen molar-refractivity contribution in [2.45, 2.75) is 52.6 Å². The molecule has 1 aromatic heterocycles. The lowest BCUT2D eigenvalue weighted by atomic mass is 10.1. The van der Waals surface area contributed by atoms with Gasteiger partial charge in [-0.15, -0.1) is 0 Å². The Bertz CT molecular complexity index is 268. The maximum absolute atomic E-state index is 4.38. The van der Waals surface area contributed by atoms with E-state index in [1.54, 1.807) is 0 Å². The summed E-state index contributed by atoms with van der Waals surface area (Å²) >= 11 is 0. The van der Waals surface area contributed by atoms with Crippen molar-refractivity contribution in [3.63, 3.8) is 0 Å². The highest BCUT2D eigenvalue weighted by atomic mass is 15.3. The molecule has 0 amide bonds. The van der Waals surface area contributed by atoms with Crippen LogP contribution in [0.25, 0.3) is 0 Å². The number of aromatic nitrogens is 2. The lowest BCUT2D eigenvalue weighted by Gasteiger charge is -2.13. The van der Waals surface area contributed by atoms with Crippen molar-refractivity contribution >= 4 is 0 Å². The normalized spacial score (nSPS) is 13.0. The molecule has 15 heavy (non-hydrogen) atoms. The number of nitrogens with zero attached hydrogens (tertiary/aromatic N) is 2. The van der Waals surface area contributed by atoms with Crippen LogP contribution in [0.15, 0.2) is 12.4 Å². The van der Waals surface area contributed by atoms with Gasteiger partial charge in [0, 0.05) is 24.3 Å². The van der Waals surface area contributed by atoms with E-state index in [0.29, 0.717) is 6.04 Å². The van der Waals surface area contributed by atoms with Crippen LogP contribution in [-0.4, -0.2) is 16.3 Å². The minimum Gasteiger partial charge on any atom is -0.310 e. The molecule has 1 atom stereocenters. The van der Waals surface area contributed by atoms with Crippen molar-refractivity contribution in [1.82, 2.24) is 15.1 Å². The van der Waals surface area contributed by atoms with Crippen LogP contribution >= 0.6 is 0 Å². The molecule has 3 nitrogen and oxygen atoms in total. The topological polar surface area (TPSA) is 29.9 Å². The van der Waals surface area contributed by atoms with Gasteiger partial charge in [0.15, 0.2) is 0 Å². The molecule has 0 bridgehead atoms. The minimum absolute atomic E-state index is 0.463. The van der Waals surface area contributed by atoms with Gasteiger partial charge in [0.25, 0.3) is 0 Å². The number of aryl methyl sites for hydroxylation is 1. The van der Waals surface area contributed by atoms with Gasteiger partial charge in [0.2, 0.25) is 0 Å². The summed E-state index contributed by atoms with van der Waals surface area (Å²) in [4.78, 5) is 0. The molecule has 0 aliphatic rings. The summed E-state index contributed by atoms with van der Waals surface area (Å²) in [7, 11) is 0. The lowest BCUT2D eigenvalue weighted by Crippen LogP contribution is -2.19. The average Bonchev–Trinajstić information content (AvgIpc) is 2.71. The van der Waals surface area contributed by atoms with Crippen molar-refractivity contribution in [2.24, 2.45) is 0 Å². The first-order valence-electron chi connectivity index (χ1n) is 6.07. The molecular weight excluding hydrogens is 186 g/mol. The predicted molar refractivity (Wildman–Crippen MR) is 63.8 cm³/mol. The van der Waals surface area contributed by atoms with E-state index in [9.17, 15) is 0 Å². The predicted octanol–water partition coefficient (Wildman–Crippen LogP) is 2.74.